The Morgan fingerprint density at radius 3 is 2.44 bits per heavy atom. The van der Waals surface area contributed by atoms with Crippen molar-refractivity contribution in [1.82, 2.24) is 4.90 Å². The molecule has 1 heterocycles. The van der Waals surface area contributed by atoms with Crippen molar-refractivity contribution < 1.29 is 9.53 Å². The highest BCUT2D eigenvalue weighted by atomic mass is 127. The van der Waals surface area contributed by atoms with Gasteiger partial charge in [-0.3, -0.25) is 9.69 Å². The van der Waals surface area contributed by atoms with Gasteiger partial charge in [0.25, 0.3) is 5.91 Å². The van der Waals surface area contributed by atoms with Gasteiger partial charge in [-0.1, -0.05) is 12.1 Å². The van der Waals surface area contributed by atoms with Crippen molar-refractivity contribution in [2.45, 2.75) is 6.92 Å². The minimum Gasteiger partial charge on any atom is -0.497 e. The van der Waals surface area contributed by atoms with Crippen LogP contribution >= 0.6 is 34.4 Å². The number of methoxy groups -OCH3 is 1. The van der Waals surface area contributed by atoms with Crippen molar-refractivity contribution in [3.05, 3.63) is 62.6 Å². The van der Waals surface area contributed by atoms with Gasteiger partial charge >= 0.3 is 0 Å². The van der Waals surface area contributed by atoms with E-state index < -0.39 is 0 Å². The molecule has 1 aliphatic rings. The number of rotatable bonds is 4. The Balaban J connectivity index is 1.88. The number of hydrogen-bond donors (Lipinski definition) is 0. The van der Waals surface area contributed by atoms with Crippen LogP contribution in [0.2, 0.25) is 0 Å². The third-order valence-electron chi connectivity index (χ3n) is 3.67. The number of aliphatic imine (C=N–C) groups is 1. The summed E-state index contributed by atoms with van der Waals surface area (Å²) in [5, 5.41) is 0.703. The third-order valence-corrected chi connectivity index (χ3v) is 5.40. The van der Waals surface area contributed by atoms with E-state index in [0.29, 0.717) is 16.6 Å². The summed E-state index contributed by atoms with van der Waals surface area (Å²) < 4.78 is 6.33. The van der Waals surface area contributed by atoms with Crippen LogP contribution in [0.15, 0.2) is 58.4 Å². The number of halogens is 1. The van der Waals surface area contributed by atoms with E-state index in [4.69, 9.17) is 4.74 Å². The van der Waals surface area contributed by atoms with Gasteiger partial charge in [0.1, 0.15) is 5.75 Å². The number of thioether (sulfide) groups is 1. The summed E-state index contributed by atoms with van der Waals surface area (Å²) in [6, 6.07) is 15.6. The first kappa shape index (κ1) is 18.0. The summed E-state index contributed by atoms with van der Waals surface area (Å²) in [5.74, 6) is 0.782. The highest BCUT2D eigenvalue weighted by Crippen LogP contribution is 2.34. The van der Waals surface area contributed by atoms with Crippen LogP contribution in [-0.4, -0.2) is 29.6 Å². The number of nitrogens with zero attached hydrogens (tertiary/aromatic N) is 2. The fourth-order valence-corrected chi connectivity index (χ4v) is 3.77. The quantitative estimate of drug-likeness (QED) is 0.477. The number of benzene rings is 2. The molecule has 0 radical (unpaired) electrons. The molecule has 3 rings (SSSR count). The van der Waals surface area contributed by atoms with E-state index >= 15 is 0 Å². The van der Waals surface area contributed by atoms with Gasteiger partial charge < -0.3 is 4.74 Å². The van der Waals surface area contributed by atoms with E-state index in [0.717, 1.165) is 17.0 Å². The van der Waals surface area contributed by atoms with Crippen LogP contribution in [0.1, 0.15) is 12.5 Å². The van der Waals surface area contributed by atoms with E-state index in [-0.39, 0.29) is 5.91 Å². The van der Waals surface area contributed by atoms with Crippen molar-refractivity contribution >= 4 is 57.2 Å². The zero-order chi connectivity index (χ0) is 17.8. The molecule has 2 aromatic carbocycles. The molecule has 0 spiro atoms. The van der Waals surface area contributed by atoms with Crippen molar-refractivity contribution in [3.8, 4) is 5.75 Å². The standard InChI is InChI=1S/C19H17IN2O2S/c1-3-22-18(23)17(12-13-4-6-14(20)7-5-13)25-19(22)21-15-8-10-16(24-2)11-9-15/h4-12H,3H2,1-2H3/b17-12+,21-19?. The minimum atomic E-state index is -0.00156. The first-order chi connectivity index (χ1) is 12.1. The maximum absolute atomic E-state index is 12.6. The number of hydrogen-bond acceptors (Lipinski definition) is 4. The van der Waals surface area contributed by atoms with Crippen LogP contribution in [-0.2, 0) is 4.79 Å². The monoisotopic (exact) mass is 464 g/mol. The van der Waals surface area contributed by atoms with Gasteiger partial charge in [-0.05, 0) is 89.3 Å². The summed E-state index contributed by atoms with van der Waals surface area (Å²) in [5.41, 5.74) is 1.81. The molecule has 1 saturated heterocycles. The summed E-state index contributed by atoms with van der Waals surface area (Å²) >= 11 is 3.68. The Kier molecular flexibility index (Phi) is 5.80. The third kappa shape index (κ3) is 4.24. The number of amides is 1. The molecule has 25 heavy (non-hydrogen) atoms. The lowest BCUT2D eigenvalue weighted by atomic mass is 10.2. The molecule has 0 atom stereocenters. The Hall–Kier alpha value is -1.80. The predicted molar refractivity (Wildman–Crippen MR) is 112 cm³/mol. The Labute approximate surface area is 165 Å². The number of likely N-dealkylation sites (N-methyl/N-ethyl adjacent to an activating group) is 1. The fraction of sp³-hybridized carbons (Fsp3) is 0.158. The predicted octanol–water partition coefficient (Wildman–Crippen LogP) is 4.92. The zero-order valence-electron chi connectivity index (χ0n) is 13.9. The maximum Gasteiger partial charge on any atom is 0.266 e. The summed E-state index contributed by atoms with van der Waals surface area (Å²) in [6.07, 6.45) is 1.92. The highest BCUT2D eigenvalue weighted by molar-refractivity contribution is 14.1. The smallest absolute Gasteiger partial charge is 0.266 e. The molecule has 2 aromatic rings. The van der Waals surface area contributed by atoms with Crippen LogP contribution < -0.4 is 4.74 Å². The molecule has 6 heteroatoms. The van der Waals surface area contributed by atoms with Crippen LogP contribution in [0.25, 0.3) is 6.08 Å². The molecule has 0 aliphatic carbocycles. The summed E-state index contributed by atoms with van der Waals surface area (Å²) in [4.78, 5) is 19.7. The number of amidine groups is 1. The first-order valence-electron chi connectivity index (χ1n) is 7.80. The molecule has 1 amide bonds. The molecule has 128 valence electrons. The second-order valence-electron chi connectivity index (χ2n) is 5.30. The van der Waals surface area contributed by atoms with Gasteiger partial charge in [0.05, 0.1) is 17.7 Å². The van der Waals surface area contributed by atoms with Crippen LogP contribution in [0.3, 0.4) is 0 Å². The SMILES string of the molecule is CCN1C(=O)/C(=C\c2ccc(I)cc2)SC1=Nc1ccc(OC)cc1. The van der Waals surface area contributed by atoms with Crippen LogP contribution in [0.5, 0.6) is 5.75 Å². The molecule has 1 fully saturated rings. The fourth-order valence-electron chi connectivity index (χ4n) is 2.35. The van der Waals surface area contributed by atoms with Crippen molar-refractivity contribution in [3.63, 3.8) is 0 Å². The molecular weight excluding hydrogens is 447 g/mol. The van der Waals surface area contributed by atoms with E-state index in [1.165, 1.54) is 15.3 Å². The van der Waals surface area contributed by atoms with Gasteiger partial charge in [0.2, 0.25) is 0 Å². The average molecular weight is 464 g/mol. The minimum absolute atomic E-state index is 0.00156. The largest absolute Gasteiger partial charge is 0.497 e. The number of ether oxygens (including phenoxy) is 1. The highest BCUT2D eigenvalue weighted by Gasteiger charge is 2.32. The second kappa shape index (κ2) is 8.05. The maximum atomic E-state index is 12.6. The first-order valence-corrected chi connectivity index (χ1v) is 9.70. The van der Waals surface area contributed by atoms with E-state index in [1.807, 2.05) is 61.5 Å². The summed E-state index contributed by atoms with van der Waals surface area (Å²) in [6.45, 7) is 2.54. The van der Waals surface area contributed by atoms with Crippen LogP contribution in [0, 0.1) is 3.57 Å². The molecule has 4 nitrogen and oxygen atoms in total. The van der Waals surface area contributed by atoms with E-state index in [2.05, 4.69) is 27.6 Å². The number of carbonyl (C=O) groups excluding carboxylic acids is 1. The number of carbonyl (C=O) groups is 1. The molecule has 0 saturated carbocycles. The Bertz CT molecular complexity index is 830. The zero-order valence-corrected chi connectivity index (χ0v) is 16.9. The van der Waals surface area contributed by atoms with E-state index in [9.17, 15) is 4.79 Å². The molecule has 0 aromatic heterocycles. The van der Waals surface area contributed by atoms with Gasteiger partial charge in [0, 0.05) is 10.1 Å². The molecule has 1 aliphatic heterocycles. The van der Waals surface area contributed by atoms with Gasteiger partial charge in [-0.2, -0.15) is 0 Å². The van der Waals surface area contributed by atoms with Crippen molar-refractivity contribution in [2.75, 3.05) is 13.7 Å². The molecule has 0 N–H and O–H groups in total. The Morgan fingerprint density at radius 1 is 1.16 bits per heavy atom. The van der Waals surface area contributed by atoms with Crippen LogP contribution in [0.4, 0.5) is 5.69 Å². The molecule has 0 unspecified atom stereocenters. The second-order valence-corrected chi connectivity index (χ2v) is 7.56. The normalized spacial score (nSPS) is 17.6. The van der Waals surface area contributed by atoms with Gasteiger partial charge in [-0.25, -0.2) is 4.99 Å². The van der Waals surface area contributed by atoms with Gasteiger partial charge in [-0.15, -0.1) is 0 Å². The topological polar surface area (TPSA) is 41.9 Å². The van der Waals surface area contributed by atoms with Crippen molar-refractivity contribution in [1.29, 1.82) is 0 Å². The van der Waals surface area contributed by atoms with Crippen molar-refractivity contribution in [2.24, 2.45) is 4.99 Å². The molecular formula is C19H17IN2O2S. The lowest BCUT2D eigenvalue weighted by Crippen LogP contribution is -2.28. The average Bonchev–Trinajstić information content (AvgIpc) is 2.92. The van der Waals surface area contributed by atoms with E-state index in [1.54, 1.807) is 12.0 Å². The lowest BCUT2D eigenvalue weighted by molar-refractivity contribution is -0.122. The Morgan fingerprint density at radius 2 is 1.84 bits per heavy atom. The molecule has 0 bridgehead atoms. The summed E-state index contributed by atoms with van der Waals surface area (Å²) in [7, 11) is 1.63. The van der Waals surface area contributed by atoms with Gasteiger partial charge in [0.15, 0.2) is 5.17 Å². The lowest BCUT2D eigenvalue weighted by Gasteiger charge is -2.12.